The molecule has 4 rings (SSSR count). The molecule has 0 radical (unpaired) electrons. The van der Waals surface area contributed by atoms with Crippen LogP contribution in [0.4, 0.5) is 0 Å². The number of aromatic nitrogens is 3. The van der Waals surface area contributed by atoms with Gasteiger partial charge in [-0.25, -0.2) is 0 Å². The molecule has 2 fully saturated rings. The molecular formula is C21H29N5O2. The summed E-state index contributed by atoms with van der Waals surface area (Å²) in [5, 5.41) is 8.26. The zero-order valence-electron chi connectivity index (χ0n) is 16.4. The minimum Gasteiger partial charge on any atom is -0.379 e. The Morgan fingerprint density at radius 3 is 2.57 bits per heavy atom. The zero-order chi connectivity index (χ0) is 19.2. The van der Waals surface area contributed by atoms with Crippen molar-refractivity contribution in [3.05, 3.63) is 47.8 Å². The Labute approximate surface area is 166 Å². The van der Waals surface area contributed by atoms with Gasteiger partial charge >= 0.3 is 0 Å². The van der Waals surface area contributed by atoms with Crippen molar-refractivity contribution < 1.29 is 9.53 Å². The van der Waals surface area contributed by atoms with E-state index in [9.17, 15) is 4.79 Å². The predicted octanol–water partition coefficient (Wildman–Crippen LogP) is 1.71. The lowest BCUT2D eigenvalue weighted by Gasteiger charge is -2.35. The molecule has 3 heterocycles. The molecule has 7 nitrogen and oxygen atoms in total. The first kappa shape index (κ1) is 19.1. The first-order chi connectivity index (χ1) is 13.8. The summed E-state index contributed by atoms with van der Waals surface area (Å²) in [5.74, 6) is 0.680. The normalized spacial score (nSPS) is 19.1. The molecule has 2 aliphatic heterocycles. The topological polar surface area (TPSA) is 63.5 Å². The second-order valence-electron chi connectivity index (χ2n) is 7.75. The number of rotatable bonds is 6. The minimum atomic E-state index is 0.00998. The molecular weight excluding hydrogens is 354 g/mol. The molecule has 1 aromatic heterocycles. The third kappa shape index (κ3) is 4.97. The summed E-state index contributed by atoms with van der Waals surface area (Å²) >= 11 is 0. The summed E-state index contributed by atoms with van der Waals surface area (Å²) < 4.78 is 7.19. The zero-order valence-corrected chi connectivity index (χ0v) is 16.4. The Hall–Kier alpha value is -2.25. The van der Waals surface area contributed by atoms with E-state index in [0.717, 1.165) is 71.7 Å². The largest absolute Gasteiger partial charge is 0.379 e. The fourth-order valence-electron chi connectivity index (χ4n) is 4.02. The van der Waals surface area contributed by atoms with E-state index < -0.39 is 0 Å². The molecule has 0 N–H and O–H groups in total. The summed E-state index contributed by atoms with van der Waals surface area (Å²) in [5.41, 5.74) is 1.72. The quantitative estimate of drug-likeness (QED) is 0.760. The van der Waals surface area contributed by atoms with Gasteiger partial charge in [0.05, 0.1) is 19.4 Å². The number of nitrogens with zero attached hydrogens (tertiary/aromatic N) is 5. The molecule has 0 saturated carbocycles. The second-order valence-corrected chi connectivity index (χ2v) is 7.75. The van der Waals surface area contributed by atoms with Crippen molar-refractivity contribution in [3.8, 4) is 0 Å². The Morgan fingerprint density at radius 2 is 1.82 bits per heavy atom. The fraction of sp³-hybridized carbons (Fsp3) is 0.571. The molecule has 2 saturated heterocycles. The molecule has 2 aromatic rings. The van der Waals surface area contributed by atoms with Gasteiger partial charge in [-0.2, -0.15) is 0 Å². The lowest BCUT2D eigenvalue weighted by atomic mass is 9.96. The monoisotopic (exact) mass is 383 g/mol. The molecule has 0 spiro atoms. The Kier molecular flexibility index (Phi) is 6.34. The van der Waals surface area contributed by atoms with Crippen molar-refractivity contribution in [1.82, 2.24) is 24.8 Å². The molecule has 2 aliphatic rings. The number of aryl methyl sites for hydroxylation is 2. The number of ether oxygens (including phenoxy) is 1. The van der Waals surface area contributed by atoms with Gasteiger partial charge in [0.15, 0.2) is 5.69 Å². The van der Waals surface area contributed by atoms with Crippen LogP contribution in [0.5, 0.6) is 0 Å². The van der Waals surface area contributed by atoms with E-state index in [1.54, 1.807) is 10.9 Å². The number of carbonyl (C=O) groups is 1. The van der Waals surface area contributed by atoms with Gasteiger partial charge in [-0.3, -0.25) is 14.4 Å². The number of hydrogen-bond donors (Lipinski definition) is 0. The van der Waals surface area contributed by atoms with Crippen LogP contribution in [0.15, 0.2) is 36.5 Å². The average molecular weight is 383 g/mol. The molecule has 1 amide bonds. The average Bonchev–Trinajstić information content (AvgIpc) is 3.23. The molecule has 7 heteroatoms. The van der Waals surface area contributed by atoms with E-state index in [-0.39, 0.29) is 5.91 Å². The highest BCUT2D eigenvalue weighted by Crippen LogP contribution is 2.20. The number of likely N-dealkylation sites (tertiary alicyclic amines) is 1. The third-order valence-corrected chi connectivity index (χ3v) is 5.75. The van der Waals surface area contributed by atoms with E-state index >= 15 is 0 Å². The van der Waals surface area contributed by atoms with E-state index in [0.29, 0.717) is 11.6 Å². The molecule has 150 valence electrons. The lowest BCUT2D eigenvalue weighted by molar-refractivity contribution is 0.0242. The maximum absolute atomic E-state index is 12.8. The Bertz CT molecular complexity index is 749. The molecule has 0 unspecified atom stereocenters. The van der Waals surface area contributed by atoms with Crippen LogP contribution in [0.3, 0.4) is 0 Å². The van der Waals surface area contributed by atoms with Gasteiger partial charge in [-0.05, 0) is 30.7 Å². The van der Waals surface area contributed by atoms with E-state index in [2.05, 4.69) is 27.3 Å². The van der Waals surface area contributed by atoms with E-state index in [1.807, 2.05) is 23.1 Å². The van der Waals surface area contributed by atoms with Crippen LogP contribution in [0, 0.1) is 5.92 Å². The van der Waals surface area contributed by atoms with Gasteiger partial charge in [0.2, 0.25) is 0 Å². The fourth-order valence-corrected chi connectivity index (χ4v) is 4.02. The highest BCUT2D eigenvalue weighted by molar-refractivity contribution is 5.91. The number of piperidine rings is 1. The molecule has 0 aliphatic carbocycles. The summed E-state index contributed by atoms with van der Waals surface area (Å²) in [6.45, 7) is 7.23. The lowest BCUT2D eigenvalue weighted by Crippen LogP contribution is -2.44. The Balaban J connectivity index is 1.24. The van der Waals surface area contributed by atoms with Gasteiger partial charge in [0.25, 0.3) is 5.91 Å². The highest BCUT2D eigenvalue weighted by atomic mass is 16.5. The van der Waals surface area contributed by atoms with Crippen LogP contribution in [-0.2, 0) is 17.7 Å². The molecule has 0 atom stereocenters. The number of amides is 1. The summed E-state index contributed by atoms with van der Waals surface area (Å²) in [4.78, 5) is 17.2. The SMILES string of the molecule is O=C(c1cn(CCc2ccccc2)nn1)N1CCC(CN2CCOCC2)CC1. The van der Waals surface area contributed by atoms with Gasteiger partial charge in [-0.1, -0.05) is 35.5 Å². The van der Waals surface area contributed by atoms with Gasteiger partial charge in [0.1, 0.15) is 0 Å². The molecule has 0 bridgehead atoms. The van der Waals surface area contributed by atoms with Crippen molar-refractivity contribution in [2.24, 2.45) is 5.92 Å². The first-order valence-electron chi connectivity index (χ1n) is 10.3. The summed E-state index contributed by atoms with van der Waals surface area (Å²) in [7, 11) is 0. The number of morpholine rings is 1. The van der Waals surface area contributed by atoms with Gasteiger partial charge in [0, 0.05) is 39.3 Å². The second kappa shape index (κ2) is 9.30. The van der Waals surface area contributed by atoms with E-state index in [4.69, 9.17) is 4.74 Å². The van der Waals surface area contributed by atoms with Gasteiger partial charge in [-0.15, -0.1) is 5.10 Å². The molecule has 28 heavy (non-hydrogen) atoms. The van der Waals surface area contributed by atoms with Crippen LogP contribution in [0.1, 0.15) is 28.9 Å². The van der Waals surface area contributed by atoms with Crippen molar-refractivity contribution in [3.63, 3.8) is 0 Å². The van der Waals surface area contributed by atoms with Crippen molar-refractivity contribution in [2.45, 2.75) is 25.8 Å². The highest BCUT2D eigenvalue weighted by Gasteiger charge is 2.26. The van der Waals surface area contributed by atoms with Crippen molar-refractivity contribution in [2.75, 3.05) is 45.9 Å². The minimum absolute atomic E-state index is 0.00998. The van der Waals surface area contributed by atoms with E-state index in [1.165, 1.54) is 5.56 Å². The van der Waals surface area contributed by atoms with Crippen LogP contribution >= 0.6 is 0 Å². The van der Waals surface area contributed by atoms with Crippen LogP contribution in [0.25, 0.3) is 0 Å². The summed E-state index contributed by atoms with van der Waals surface area (Å²) in [6.07, 6.45) is 4.78. The Morgan fingerprint density at radius 1 is 1.07 bits per heavy atom. The number of benzene rings is 1. The molecule has 1 aromatic carbocycles. The maximum atomic E-state index is 12.8. The first-order valence-corrected chi connectivity index (χ1v) is 10.3. The standard InChI is InChI=1S/C21H29N5O2/c27-21(20-17-26(23-22-20)11-8-18-4-2-1-3-5-18)25-9-6-19(7-10-25)16-24-12-14-28-15-13-24/h1-5,17,19H,6-16H2. The summed E-state index contributed by atoms with van der Waals surface area (Å²) in [6, 6.07) is 10.3. The van der Waals surface area contributed by atoms with Crippen LogP contribution in [-0.4, -0.2) is 76.6 Å². The predicted molar refractivity (Wildman–Crippen MR) is 106 cm³/mol. The number of carbonyl (C=O) groups excluding carboxylic acids is 1. The third-order valence-electron chi connectivity index (χ3n) is 5.75. The maximum Gasteiger partial charge on any atom is 0.276 e. The van der Waals surface area contributed by atoms with Crippen LogP contribution < -0.4 is 0 Å². The van der Waals surface area contributed by atoms with Crippen molar-refractivity contribution >= 4 is 5.91 Å². The van der Waals surface area contributed by atoms with Crippen LogP contribution in [0.2, 0.25) is 0 Å². The van der Waals surface area contributed by atoms with Crippen molar-refractivity contribution in [1.29, 1.82) is 0 Å². The van der Waals surface area contributed by atoms with Gasteiger partial charge < -0.3 is 9.64 Å². The number of hydrogen-bond acceptors (Lipinski definition) is 5. The smallest absolute Gasteiger partial charge is 0.276 e.